The molecular weight excluding hydrogens is 354 g/mol. The van der Waals surface area contributed by atoms with Gasteiger partial charge in [0.05, 0.1) is 11.5 Å². The van der Waals surface area contributed by atoms with Crippen LogP contribution in [0.1, 0.15) is 31.3 Å². The van der Waals surface area contributed by atoms with Gasteiger partial charge in [0.1, 0.15) is 6.04 Å². The molecule has 1 atom stereocenters. The molecule has 0 aliphatic carbocycles. The predicted molar refractivity (Wildman–Crippen MR) is 87.5 cm³/mol. The average molecular weight is 373 g/mol. The van der Waals surface area contributed by atoms with Gasteiger partial charge >= 0.3 is 5.22 Å². The monoisotopic (exact) mass is 373 g/mol. The molecule has 2 rings (SSSR count). The Morgan fingerprint density at radius 3 is 2.29 bits per heavy atom. The van der Waals surface area contributed by atoms with Gasteiger partial charge in [0.2, 0.25) is 25.8 Å². The summed E-state index contributed by atoms with van der Waals surface area (Å²) >= 11 is 0. The second kappa shape index (κ2) is 7.41. The molecule has 8 nitrogen and oxygen atoms in total. The summed E-state index contributed by atoms with van der Waals surface area (Å²) in [7, 11) is -7.20. The first-order valence-corrected chi connectivity index (χ1v) is 10.7. The Morgan fingerprint density at radius 2 is 1.71 bits per heavy atom. The topological polar surface area (TPSA) is 119 Å². The van der Waals surface area contributed by atoms with E-state index in [1.54, 1.807) is 0 Å². The van der Waals surface area contributed by atoms with Gasteiger partial charge in [0, 0.05) is 0 Å². The van der Waals surface area contributed by atoms with Crippen LogP contribution in [0.5, 0.6) is 0 Å². The van der Waals surface area contributed by atoms with Crippen LogP contribution in [0.25, 0.3) is 0 Å². The normalized spacial score (nSPS) is 13.8. The highest BCUT2D eigenvalue weighted by molar-refractivity contribution is 7.91. The molecule has 0 bridgehead atoms. The number of sulfonamides is 1. The van der Waals surface area contributed by atoms with Crippen LogP contribution in [0, 0.1) is 0 Å². The van der Waals surface area contributed by atoms with Gasteiger partial charge < -0.3 is 4.42 Å². The van der Waals surface area contributed by atoms with Crippen molar-refractivity contribution in [2.45, 2.75) is 31.5 Å². The second-order valence-corrected chi connectivity index (χ2v) is 9.27. The van der Waals surface area contributed by atoms with Gasteiger partial charge in [-0.15, -0.1) is 5.10 Å². The van der Waals surface area contributed by atoms with E-state index in [4.69, 9.17) is 4.42 Å². The number of nitrogens with zero attached hydrogens (tertiary/aromatic N) is 2. The lowest BCUT2D eigenvalue weighted by Gasteiger charge is -2.14. The molecule has 0 spiro atoms. The van der Waals surface area contributed by atoms with Gasteiger partial charge in [-0.1, -0.05) is 42.4 Å². The maximum absolute atomic E-state index is 11.9. The summed E-state index contributed by atoms with van der Waals surface area (Å²) in [6, 6.07) is 8.29. The zero-order valence-electron chi connectivity index (χ0n) is 13.3. The zero-order chi connectivity index (χ0) is 17.8. The summed E-state index contributed by atoms with van der Waals surface area (Å²) in [5.41, 5.74) is 0.847. The van der Waals surface area contributed by atoms with Gasteiger partial charge in [0.25, 0.3) is 0 Å². The molecule has 0 fully saturated rings. The van der Waals surface area contributed by atoms with Crippen LogP contribution in [0.4, 0.5) is 0 Å². The lowest BCUT2D eigenvalue weighted by molar-refractivity contribution is 0.363. The highest BCUT2D eigenvalue weighted by Gasteiger charge is 2.27. The zero-order valence-corrected chi connectivity index (χ0v) is 15.0. The molecule has 0 aliphatic rings. The Kier molecular flexibility index (Phi) is 5.73. The largest absolute Gasteiger partial charge is 0.411 e. The molecule has 10 heteroatoms. The number of aromatic nitrogens is 2. The Morgan fingerprint density at radius 1 is 1.04 bits per heavy atom. The van der Waals surface area contributed by atoms with Crippen molar-refractivity contribution >= 4 is 19.9 Å². The van der Waals surface area contributed by atoms with Crippen molar-refractivity contribution < 1.29 is 21.3 Å². The van der Waals surface area contributed by atoms with E-state index in [9.17, 15) is 16.8 Å². The van der Waals surface area contributed by atoms with Gasteiger partial charge in [-0.05, 0) is 18.9 Å². The maximum atomic E-state index is 11.9. The molecule has 0 aliphatic heterocycles. The minimum Gasteiger partial charge on any atom is -0.411 e. The van der Waals surface area contributed by atoms with Crippen molar-refractivity contribution in [3.05, 3.63) is 41.8 Å². The molecule has 1 aromatic heterocycles. The summed E-state index contributed by atoms with van der Waals surface area (Å²) in [5, 5.41) is 6.75. The quantitative estimate of drug-likeness (QED) is 0.735. The van der Waals surface area contributed by atoms with Crippen LogP contribution in [-0.2, 0) is 26.3 Å². The second-order valence-electron chi connectivity index (χ2n) is 5.07. The third-order valence-electron chi connectivity index (χ3n) is 3.35. The van der Waals surface area contributed by atoms with Crippen molar-refractivity contribution in [3.8, 4) is 0 Å². The molecule has 1 N–H and O–H groups in total. The maximum Gasteiger partial charge on any atom is 0.335 e. The smallest absolute Gasteiger partial charge is 0.335 e. The molecule has 0 saturated carbocycles. The Hall–Kier alpha value is -1.78. The van der Waals surface area contributed by atoms with Crippen molar-refractivity contribution in [3.63, 3.8) is 0 Å². The molecule has 1 heterocycles. The first-order chi connectivity index (χ1) is 11.3. The molecule has 0 saturated heterocycles. The fourth-order valence-corrected chi connectivity index (χ4v) is 3.35. The SMILES string of the molecule is CCS(=O)(=O)N[C@@H](Cc1ccccc1)c1nnc(S(=O)(=O)CC)o1. The van der Waals surface area contributed by atoms with Crippen molar-refractivity contribution in [2.24, 2.45) is 0 Å². The van der Waals surface area contributed by atoms with E-state index in [1.165, 1.54) is 13.8 Å². The summed E-state index contributed by atoms with van der Waals surface area (Å²) in [6.45, 7) is 2.96. The Labute approximate surface area is 141 Å². The fourth-order valence-electron chi connectivity index (χ4n) is 1.94. The number of benzene rings is 1. The molecular formula is C14H19N3O5S2. The predicted octanol–water partition coefficient (Wildman–Crippen LogP) is 1.09. The molecule has 0 unspecified atom stereocenters. The third-order valence-corrected chi connectivity index (χ3v) is 6.21. The lowest BCUT2D eigenvalue weighted by atomic mass is 10.1. The van der Waals surface area contributed by atoms with E-state index in [-0.39, 0.29) is 23.8 Å². The van der Waals surface area contributed by atoms with Crippen molar-refractivity contribution in [2.75, 3.05) is 11.5 Å². The summed E-state index contributed by atoms with van der Waals surface area (Å²) < 4.78 is 55.1. The first-order valence-electron chi connectivity index (χ1n) is 7.37. The summed E-state index contributed by atoms with van der Waals surface area (Å²) in [4.78, 5) is 0. The molecule has 0 amide bonds. The average Bonchev–Trinajstić information content (AvgIpc) is 3.06. The number of rotatable bonds is 8. The molecule has 132 valence electrons. The highest BCUT2D eigenvalue weighted by atomic mass is 32.2. The van der Waals surface area contributed by atoms with E-state index >= 15 is 0 Å². The summed E-state index contributed by atoms with van der Waals surface area (Å²) in [5.74, 6) is -0.381. The van der Waals surface area contributed by atoms with Crippen LogP contribution in [0.15, 0.2) is 40.0 Å². The summed E-state index contributed by atoms with van der Waals surface area (Å²) in [6.07, 6.45) is 0.258. The van der Waals surface area contributed by atoms with Gasteiger partial charge in [-0.3, -0.25) is 0 Å². The number of sulfone groups is 1. The van der Waals surface area contributed by atoms with Crippen molar-refractivity contribution in [1.29, 1.82) is 0 Å². The molecule has 24 heavy (non-hydrogen) atoms. The van der Waals surface area contributed by atoms with Crippen LogP contribution in [0.3, 0.4) is 0 Å². The van der Waals surface area contributed by atoms with Crippen LogP contribution < -0.4 is 4.72 Å². The minimum atomic E-state index is -3.65. The standard InChI is InChI=1S/C14H19N3O5S2/c1-3-23(18,19)14-16-15-13(22-14)12(17-24(20,21)4-2)10-11-8-6-5-7-9-11/h5-9,12,17H,3-4,10H2,1-2H3/t12-/m0/s1. The van der Waals surface area contributed by atoms with Gasteiger partial charge in [-0.2, -0.15) is 0 Å². The van der Waals surface area contributed by atoms with E-state index in [0.29, 0.717) is 0 Å². The molecule has 1 aromatic carbocycles. The number of hydrogen-bond donors (Lipinski definition) is 1. The fraction of sp³-hybridized carbons (Fsp3) is 0.429. The van der Waals surface area contributed by atoms with E-state index in [0.717, 1.165) is 5.56 Å². The van der Waals surface area contributed by atoms with Crippen LogP contribution in [0.2, 0.25) is 0 Å². The van der Waals surface area contributed by atoms with E-state index < -0.39 is 31.1 Å². The van der Waals surface area contributed by atoms with Gasteiger partial charge in [0.15, 0.2) is 0 Å². The number of nitrogens with one attached hydrogen (secondary N) is 1. The van der Waals surface area contributed by atoms with Gasteiger partial charge in [-0.25, -0.2) is 21.6 Å². The van der Waals surface area contributed by atoms with Crippen molar-refractivity contribution in [1.82, 2.24) is 14.9 Å². The Bertz CT molecular complexity index is 876. The Balaban J connectivity index is 2.35. The van der Waals surface area contributed by atoms with E-state index in [1.807, 2.05) is 30.3 Å². The molecule has 2 aromatic rings. The van der Waals surface area contributed by atoms with Crippen LogP contribution in [-0.4, -0.2) is 38.5 Å². The minimum absolute atomic E-state index is 0.0806. The van der Waals surface area contributed by atoms with E-state index in [2.05, 4.69) is 14.9 Å². The van der Waals surface area contributed by atoms with Crippen LogP contribution >= 0.6 is 0 Å². The molecule has 0 radical (unpaired) electrons. The lowest BCUT2D eigenvalue weighted by Crippen LogP contribution is -2.31. The highest BCUT2D eigenvalue weighted by Crippen LogP contribution is 2.20. The third kappa shape index (κ3) is 4.62. The number of hydrogen-bond acceptors (Lipinski definition) is 7. The first kappa shape index (κ1) is 18.6.